The van der Waals surface area contributed by atoms with Crippen LogP contribution in [0.5, 0.6) is 0 Å². The summed E-state index contributed by atoms with van der Waals surface area (Å²) in [5.41, 5.74) is 5.35. The number of hydrogen-bond donors (Lipinski definition) is 4. The quantitative estimate of drug-likeness (QED) is 0.379. The molecule has 1 heterocycles. The van der Waals surface area contributed by atoms with Gasteiger partial charge in [-0.2, -0.15) is 11.8 Å². The monoisotopic (exact) mass is 329 g/mol. The SMILES string of the molecule is N[C@@H](CCSC[C@H]1OC(O)[C@H](O)[C@@H]1Br)C(=O)O. The molecule has 8 heteroatoms. The Labute approximate surface area is 112 Å². The van der Waals surface area contributed by atoms with E-state index in [1.807, 2.05) is 0 Å². The molecule has 1 rings (SSSR count). The van der Waals surface area contributed by atoms with E-state index < -0.39 is 24.4 Å². The van der Waals surface area contributed by atoms with E-state index >= 15 is 0 Å². The van der Waals surface area contributed by atoms with Crippen molar-refractivity contribution < 1.29 is 24.9 Å². The van der Waals surface area contributed by atoms with E-state index in [4.69, 9.17) is 15.6 Å². The van der Waals surface area contributed by atoms with Gasteiger partial charge in [0.25, 0.3) is 0 Å². The molecule has 0 amide bonds. The molecule has 0 saturated carbocycles. The van der Waals surface area contributed by atoms with Gasteiger partial charge in [-0.05, 0) is 12.2 Å². The summed E-state index contributed by atoms with van der Waals surface area (Å²) in [6, 6.07) is -0.844. The highest BCUT2D eigenvalue weighted by molar-refractivity contribution is 9.09. The zero-order valence-electron chi connectivity index (χ0n) is 9.03. The first-order valence-corrected chi connectivity index (χ1v) is 7.22. The zero-order valence-corrected chi connectivity index (χ0v) is 11.4. The van der Waals surface area contributed by atoms with Crippen LogP contribution in [0.3, 0.4) is 0 Å². The van der Waals surface area contributed by atoms with Gasteiger partial charge >= 0.3 is 5.97 Å². The molecular formula is C9H16BrNO5S. The Bertz CT molecular complexity index is 270. The van der Waals surface area contributed by atoms with Gasteiger partial charge in [-0.1, -0.05) is 15.9 Å². The zero-order chi connectivity index (χ0) is 13.0. The van der Waals surface area contributed by atoms with Crippen molar-refractivity contribution in [1.82, 2.24) is 0 Å². The predicted octanol–water partition coefficient (Wildman–Crippen LogP) is -0.637. The second-order valence-electron chi connectivity index (χ2n) is 3.81. The third-order valence-corrected chi connectivity index (χ3v) is 4.68. The van der Waals surface area contributed by atoms with E-state index in [9.17, 15) is 15.0 Å². The molecule has 0 bridgehead atoms. The van der Waals surface area contributed by atoms with E-state index in [2.05, 4.69) is 15.9 Å². The van der Waals surface area contributed by atoms with Gasteiger partial charge in [0.15, 0.2) is 6.29 Å². The molecule has 1 aliphatic heterocycles. The molecule has 6 nitrogen and oxygen atoms in total. The molecule has 0 spiro atoms. The Balaban J connectivity index is 2.17. The number of aliphatic carboxylic acids is 1. The first-order chi connectivity index (χ1) is 7.93. The Kier molecular flexibility index (Phi) is 6.18. The summed E-state index contributed by atoms with van der Waals surface area (Å²) in [5, 5.41) is 27.2. The number of carboxylic acid groups (broad SMARTS) is 1. The van der Waals surface area contributed by atoms with Crippen molar-refractivity contribution in [3.05, 3.63) is 0 Å². The average molecular weight is 330 g/mol. The lowest BCUT2D eigenvalue weighted by Gasteiger charge is -2.13. The maximum Gasteiger partial charge on any atom is 0.320 e. The molecule has 0 aromatic rings. The van der Waals surface area contributed by atoms with Crippen molar-refractivity contribution >= 4 is 33.7 Å². The van der Waals surface area contributed by atoms with Gasteiger partial charge in [-0.3, -0.25) is 4.79 Å². The third-order valence-electron chi connectivity index (χ3n) is 2.46. The first kappa shape index (κ1) is 15.2. The van der Waals surface area contributed by atoms with Crippen molar-refractivity contribution in [3.63, 3.8) is 0 Å². The lowest BCUT2D eigenvalue weighted by atomic mass is 10.2. The maximum absolute atomic E-state index is 10.5. The summed E-state index contributed by atoms with van der Waals surface area (Å²) >= 11 is 4.73. The topological polar surface area (TPSA) is 113 Å². The largest absolute Gasteiger partial charge is 0.480 e. The summed E-state index contributed by atoms with van der Waals surface area (Å²) in [6.45, 7) is 0. The van der Waals surface area contributed by atoms with Crippen molar-refractivity contribution in [3.8, 4) is 0 Å². The van der Waals surface area contributed by atoms with Crippen LogP contribution in [-0.2, 0) is 9.53 Å². The number of carboxylic acids is 1. The fourth-order valence-corrected chi connectivity index (χ4v) is 3.30. The number of nitrogens with two attached hydrogens (primary N) is 1. The summed E-state index contributed by atoms with van der Waals surface area (Å²) in [4.78, 5) is 10.1. The highest BCUT2D eigenvalue weighted by atomic mass is 79.9. The lowest BCUT2D eigenvalue weighted by Crippen LogP contribution is -2.31. The summed E-state index contributed by atoms with van der Waals surface area (Å²) in [6.07, 6.45) is -2.00. The minimum atomic E-state index is -1.16. The van der Waals surface area contributed by atoms with Gasteiger partial charge in [-0.25, -0.2) is 0 Å². The number of carbonyl (C=O) groups is 1. The minimum Gasteiger partial charge on any atom is -0.480 e. The fraction of sp³-hybridized carbons (Fsp3) is 0.889. The summed E-state index contributed by atoms with van der Waals surface area (Å²) < 4.78 is 5.13. The fourth-order valence-electron chi connectivity index (χ4n) is 1.38. The van der Waals surface area contributed by atoms with Crippen molar-refractivity contribution in [2.24, 2.45) is 5.73 Å². The second kappa shape index (κ2) is 6.91. The van der Waals surface area contributed by atoms with Crippen molar-refractivity contribution in [2.45, 2.75) is 35.8 Å². The molecule has 5 atom stereocenters. The molecule has 0 radical (unpaired) electrons. The minimum absolute atomic E-state index is 0.286. The predicted molar refractivity (Wildman–Crippen MR) is 67.2 cm³/mol. The number of aliphatic hydroxyl groups excluding tert-OH is 2. The van der Waals surface area contributed by atoms with E-state index in [-0.39, 0.29) is 10.9 Å². The standard InChI is InChI=1S/C9H16BrNO5S/c10-6-5(16-9(15)7(6)12)3-17-2-1-4(11)8(13)14/h4-7,9,12,15H,1-3,11H2,(H,13,14)/t4-,5+,6+,7+,9?/m0/s1. The number of aliphatic hydroxyl groups is 2. The number of halogens is 1. The van der Waals surface area contributed by atoms with Crippen LogP contribution in [0.25, 0.3) is 0 Å². The van der Waals surface area contributed by atoms with E-state index in [0.717, 1.165) is 0 Å². The third kappa shape index (κ3) is 4.38. The van der Waals surface area contributed by atoms with Crippen LogP contribution in [0.2, 0.25) is 0 Å². The van der Waals surface area contributed by atoms with E-state index in [1.165, 1.54) is 11.8 Å². The maximum atomic E-state index is 10.5. The molecule has 1 aliphatic rings. The normalized spacial score (nSPS) is 34.8. The molecule has 100 valence electrons. The number of ether oxygens (including phenoxy) is 1. The number of alkyl halides is 1. The Hall–Kier alpha value is 0.140. The molecule has 0 aromatic carbocycles. The van der Waals surface area contributed by atoms with E-state index in [0.29, 0.717) is 17.9 Å². The second-order valence-corrected chi connectivity index (χ2v) is 6.02. The van der Waals surface area contributed by atoms with Gasteiger partial charge < -0.3 is 25.8 Å². The summed E-state index contributed by atoms with van der Waals surface area (Å²) in [5.74, 6) is 0.155. The van der Waals surface area contributed by atoms with Crippen LogP contribution in [-0.4, -0.2) is 62.2 Å². The Morgan fingerprint density at radius 1 is 1.53 bits per heavy atom. The molecule has 1 fully saturated rings. The lowest BCUT2D eigenvalue weighted by molar-refractivity contribution is -0.138. The molecule has 1 unspecified atom stereocenters. The molecular weight excluding hydrogens is 314 g/mol. The number of thioether (sulfide) groups is 1. The van der Waals surface area contributed by atoms with Crippen molar-refractivity contribution in [1.29, 1.82) is 0 Å². The van der Waals surface area contributed by atoms with Gasteiger partial charge in [0, 0.05) is 5.75 Å². The molecule has 0 aromatic heterocycles. The Morgan fingerprint density at radius 2 is 2.18 bits per heavy atom. The first-order valence-electron chi connectivity index (χ1n) is 5.15. The summed E-state index contributed by atoms with van der Waals surface area (Å²) in [7, 11) is 0. The van der Waals surface area contributed by atoms with Crippen LogP contribution >= 0.6 is 27.7 Å². The number of hydrogen-bond acceptors (Lipinski definition) is 6. The molecule has 1 saturated heterocycles. The molecule has 17 heavy (non-hydrogen) atoms. The smallest absolute Gasteiger partial charge is 0.320 e. The molecule has 5 N–H and O–H groups in total. The van der Waals surface area contributed by atoms with Gasteiger partial charge in [0.1, 0.15) is 12.1 Å². The van der Waals surface area contributed by atoms with Crippen LogP contribution in [0.15, 0.2) is 0 Å². The molecule has 0 aliphatic carbocycles. The van der Waals surface area contributed by atoms with Crippen LogP contribution in [0.4, 0.5) is 0 Å². The highest BCUT2D eigenvalue weighted by Gasteiger charge is 2.40. The number of rotatable bonds is 6. The highest BCUT2D eigenvalue weighted by Crippen LogP contribution is 2.28. The van der Waals surface area contributed by atoms with Crippen LogP contribution in [0, 0.1) is 0 Å². The van der Waals surface area contributed by atoms with Gasteiger partial charge in [-0.15, -0.1) is 0 Å². The average Bonchev–Trinajstić information content (AvgIpc) is 2.52. The van der Waals surface area contributed by atoms with Gasteiger partial charge in [0.2, 0.25) is 0 Å². The Morgan fingerprint density at radius 3 is 2.65 bits per heavy atom. The van der Waals surface area contributed by atoms with E-state index in [1.54, 1.807) is 0 Å². The van der Waals surface area contributed by atoms with Crippen LogP contribution in [0.1, 0.15) is 6.42 Å². The van der Waals surface area contributed by atoms with Crippen molar-refractivity contribution in [2.75, 3.05) is 11.5 Å². The van der Waals surface area contributed by atoms with Gasteiger partial charge in [0.05, 0.1) is 10.9 Å². The van der Waals surface area contributed by atoms with Crippen LogP contribution < -0.4 is 5.73 Å².